The molecule has 0 radical (unpaired) electrons. The first kappa shape index (κ1) is 12.8. The summed E-state index contributed by atoms with van der Waals surface area (Å²) in [5, 5.41) is 8.95. The minimum Gasteiger partial charge on any atom is -0.399 e. The molecule has 1 aromatic carbocycles. The van der Waals surface area contributed by atoms with E-state index in [0.717, 1.165) is 11.3 Å². The van der Waals surface area contributed by atoms with Crippen molar-refractivity contribution in [2.75, 3.05) is 11.1 Å². The third kappa shape index (κ3) is 2.71. The average Bonchev–Trinajstić information content (AvgIpc) is 3.10. The quantitative estimate of drug-likeness (QED) is 0.725. The minimum absolute atomic E-state index is 0.139. The molecule has 0 unspecified atom stereocenters. The van der Waals surface area contributed by atoms with Crippen LogP contribution in [0, 0.1) is 0 Å². The number of carbonyl (C=O) groups excluding carboxylic acids is 1. The van der Waals surface area contributed by atoms with Gasteiger partial charge in [-0.1, -0.05) is 12.1 Å². The molecule has 100 valence electrons. The number of rotatable bonds is 3. The molecular weight excluding hydrogens is 290 g/mol. The van der Waals surface area contributed by atoms with Gasteiger partial charge in [0.2, 0.25) is 0 Å². The fourth-order valence-corrected chi connectivity index (χ4v) is 3.08. The highest BCUT2D eigenvalue weighted by Crippen LogP contribution is 2.26. The zero-order valence-corrected chi connectivity index (χ0v) is 12.0. The summed E-state index contributed by atoms with van der Waals surface area (Å²) in [6.45, 7) is 0. The van der Waals surface area contributed by atoms with Crippen LogP contribution in [0.2, 0.25) is 0 Å². The number of thiophene rings is 1. The summed E-state index contributed by atoms with van der Waals surface area (Å²) in [7, 11) is 0. The Morgan fingerprint density at radius 3 is 2.90 bits per heavy atom. The van der Waals surface area contributed by atoms with Gasteiger partial charge >= 0.3 is 0 Å². The second-order valence-electron chi connectivity index (χ2n) is 4.13. The first-order valence-electron chi connectivity index (χ1n) is 5.87. The number of carbonyl (C=O) groups is 1. The van der Waals surface area contributed by atoms with E-state index in [9.17, 15) is 4.79 Å². The van der Waals surface area contributed by atoms with E-state index in [2.05, 4.69) is 10.3 Å². The molecule has 0 aliphatic carbocycles. The molecule has 0 atom stereocenters. The number of nitrogens with zero attached hydrogens (tertiary/aromatic N) is 1. The zero-order valence-electron chi connectivity index (χ0n) is 10.4. The van der Waals surface area contributed by atoms with Crippen LogP contribution in [-0.4, -0.2) is 10.9 Å². The molecule has 2 heterocycles. The first-order valence-corrected chi connectivity index (χ1v) is 7.69. The molecule has 0 bridgehead atoms. The molecule has 6 heteroatoms. The summed E-state index contributed by atoms with van der Waals surface area (Å²) >= 11 is 2.89. The molecule has 0 saturated heterocycles. The molecule has 0 fully saturated rings. The van der Waals surface area contributed by atoms with Gasteiger partial charge in [-0.05, 0) is 23.6 Å². The normalized spacial score (nSPS) is 10.4. The zero-order chi connectivity index (χ0) is 13.9. The number of anilines is 2. The highest BCUT2D eigenvalue weighted by atomic mass is 32.1. The van der Waals surface area contributed by atoms with Crippen molar-refractivity contribution in [3.63, 3.8) is 0 Å². The molecule has 0 aliphatic rings. The lowest BCUT2D eigenvalue weighted by atomic mass is 10.1. The van der Waals surface area contributed by atoms with Crippen LogP contribution in [0.1, 0.15) is 10.4 Å². The molecule has 0 spiro atoms. The van der Waals surface area contributed by atoms with Crippen molar-refractivity contribution in [2.24, 2.45) is 0 Å². The number of nitrogen functional groups attached to an aromatic ring is 1. The second-order valence-corrected chi connectivity index (χ2v) is 5.77. The van der Waals surface area contributed by atoms with Crippen LogP contribution in [0.25, 0.3) is 11.3 Å². The van der Waals surface area contributed by atoms with E-state index in [1.807, 2.05) is 40.4 Å². The Hall–Kier alpha value is -2.18. The maximum atomic E-state index is 11.9. The fourth-order valence-electron chi connectivity index (χ4n) is 1.72. The minimum atomic E-state index is -0.139. The number of benzene rings is 1. The van der Waals surface area contributed by atoms with Gasteiger partial charge in [0.25, 0.3) is 5.91 Å². The number of nitrogens with two attached hydrogens (primary N) is 1. The Labute approximate surface area is 123 Å². The van der Waals surface area contributed by atoms with E-state index in [-0.39, 0.29) is 5.91 Å². The van der Waals surface area contributed by atoms with Crippen LogP contribution >= 0.6 is 22.7 Å². The summed E-state index contributed by atoms with van der Waals surface area (Å²) in [6, 6.07) is 9.30. The Bertz CT molecular complexity index is 734. The van der Waals surface area contributed by atoms with Gasteiger partial charge in [0.1, 0.15) is 0 Å². The smallest absolute Gasteiger partial charge is 0.258 e. The van der Waals surface area contributed by atoms with Crippen LogP contribution in [-0.2, 0) is 0 Å². The summed E-state index contributed by atoms with van der Waals surface area (Å²) in [4.78, 5) is 16.3. The fraction of sp³-hybridized carbons (Fsp3) is 0. The van der Waals surface area contributed by atoms with Crippen LogP contribution in [0.15, 0.2) is 46.5 Å². The van der Waals surface area contributed by atoms with Crippen LogP contribution < -0.4 is 11.1 Å². The van der Waals surface area contributed by atoms with Gasteiger partial charge in [-0.3, -0.25) is 10.1 Å². The van der Waals surface area contributed by atoms with Gasteiger partial charge in [0.15, 0.2) is 5.13 Å². The Kier molecular flexibility index (Phi) is 3.49. The van der Waals surface area contributed by atoms with Crippen molar-refractivity contribution in [3.05, 3.63) is 52.0 Å². The molecule has 0 aliphatic heterocycles. The number of hydrogen-bond acceptors (Lipinski definition) is 5. The van der Waals surface area contributed by atoms with E-state index in [1.165, 1.54) is 22.7 Å². The lowest BCUT2D eigenvalue weighted by molar-refractivity contribution is 0.102. The van der Waals surface area contributed by atoms with Gasteiger partial charge in [-0.25, -0.2) is 4.98 Å². The van der Waals surface area contributed by atoms with Crippen LogP contribution in [0.3, 0.4) is 0 Å². The summed E-state index contributed by atoms with van der Waals surface area (Å²) in [5.41, 5.74) is 8.85. The maximum absolute atomic E-state index is 11.9. The molecular formula is C14H11N3OS2. The van der Waals surface area contributed by atoms with Gasteiger partial charge < -0.3 is 5.73 Å². The standard InChI is InChI=1S/C14H11N3OS2/c15-11-3-1-2-9(6-11)12-8-20-14(16-12)17-13(18)10-4-5-19-7-10/h1-8H,15H2,(H,16,17,18). The van der Waals surface area contributed by atoms with Gasteiger partial charge in [-0.15, -0.1) is 11.3 Å². The molecule has 1 amide bonds. The number of thiazole rings is 1. The van der Waals surface area contributed by atoms with Crippen molar-refractivity contribution in [3.8, 4) is 11.3 Å². The number of nitrogens with one attached hydrogen (secondary N) is 1. The number of aromatic nitrogens is 1. The van der Waals surface area contributed by atoms with Gasteiger partial charge in [0.05, 0.1) is 11.3 Å². The maximum Gasteiger partial charge on any atom is 0.258 e. The lowest BCUT2D eigenvalue weighted by Crippen LogP contribution is -2.10. The van der Waals surface area contributed by atoms with Crippen molar-refractivity contribution >= 4 is 39.4 Å². The van der Waals surface area contributed by atoms with Crippen LogP contribution in [0.5, 0.6) is 0 Å². The second kappa shape index (κ2) is 5.44. The first-order chi connectivity index (χ1) is 9.72. The number of hydrogen-bond donors (Lipinski definition) is 2. The largest absolute Gasteiger partial charge is 0.399 e. The predicted octanol–water partition coefficient (Wildman–Crippen LogP) is 3.71. The van der Waals surface area contributed by atoms with Crippen molar-refractivity contribution in [2.45, 2.75) is 0 Å². The third-order valence-electron chi connectivity index (χ3n) is 2.69. The van der Waals surface area contributed by atoms with E-state index >= 15 is 0 Å². The van der Waals surface area contributed by atoms with Crippen LogP contribution in [0.4, 0.5) is 10.8 Å². The Morgan fingerprint density at radius 1 is 1.25 bits per heavy atom. The highest BCUT2D eigenvalue weighted by Gasteiger charge is 2.10. The summed E-state index contributed by atoms with van der Waals surface area (Å²) in [5.74, 6) is -0.139. The van der Waals surface area contributed by atoms with Crippen molar-refractivity contribution in [1.82, 2.24) is 4.98 Å². The van der Waals surface area contributed by atoms with E-state index in [4.69, 9.17) is 5.73 Å². The van der Waals surface area contributed by atoms with E-state index in [0.29, 0.717) is 16.4 Å². The Morgan fingerprint density at radius 2 is 2.15 bits per heavy atom. The number of amides is 1. The Balaban J connectivity index is 1.79. The third-order valence-corrected chi connectivity index (χ3v) is 4.13. The molecule has 0 saturated carbocycles. The lowest BCUT2D eigenvalue weighted by Gasteiger charge is -1.99. The van der Waals surface area contributed by atoms with E-state index < -0.39 is 0 Å². The van der Waals surface area contributed by atoms with Crippen molar-refractivity contribution in [1.29, 1.82) is 0 Å². The molecule has 3 aromatic rings. The van der Waals surface area contributed by atoms with Crippen molar-refractivity contribution < 1.29 is 4.79 Å². The molecule has 4 nitrogen and oxygen atoms in total. The molecule has 20 heavy (non-hydrogen) atoms. The molecule has 2 aromatic heterocycles. The van der Waals surface area contributed by atoms with Gasteiger partial charge in [0, 0.05) is 22.0 Å². The molecule has 3 rings (SSSR count). The van der Waals surface area contributed by atoms with E-state index in [1.54, 1.807) is 6.07 Å². The molecule has 3 N–H and O–H groups in total. The van der Waals surface area contributed by atoms with Gasteiger partial charge in [-0.2, -0.15) is 11.3 Å². The highest BCUT2D eigenvalue weighted by molar-refractivity contribution is 7.14. The summed E-state index contributed by atoms with van der Waals surface area (Å²) < 4.78 is 0. The average molecular weight is 301 g/mol. The summed E-state index contributed by atoms with van der Waals surface area (Å²) in [6.07, 6.45) is 0. The predicted molar refractivity (Wildman–Crippen MR) is 84.2 cm³/mol. The SMILES string of the molecule is Nc1cccc(-c2csc(NC(=O)c3ccsc3)n2)c1. The monoisotopic (exact) mass is 301 g/mol. The topological polar surface area (TPSA) is 68.0 Å².